The number of aryl methyl sites for hydroxylation is 1. The highest BCUT2D eigenvalue weighted by Crippen LogP contribution is 2.44. The molecule has 210 valence electrons. The van der Waals surface area contributed by atoms with E-state index in [0.717, 1.165) is 43.1 Å². The first-order valence-corrected chi connectivity index (χ1v) is 15.8. The van der Waals surface area contributed by atoms with Gasteiger partial charge in [0.1, 0.15) is 5.82 Å². The van der Waals surface area contributed by atoms with Gasteiger partial charge in [0.2, 0.25) is 0 Å². The van der Waals surface area contributed by atoms with Crippen molar-refractivity contribution in [3.63, 3.8) is 0 Å². The van der Waals surface area contributed by atoms with Crippen molar-refractivity contribution in [3.05, 3.63) is 88.8 Å². The van der Waals surface area contributed by atoms with E-state index in [1.54, 1.807) is 18.2 Å². The zero-order valence-electron chi connectivity index (χ0n) is 23.6. The number of anilines is 2. The quantitative estimate of drug-likeness (QED) is 0.237. The average molecular weight is 580 g/mol. The van der Waals surface area contributed by atoms with Crippen LogP contribution in [0.3, 0.4) is 0 Å². The van der Waals surface area contributed by atoms with E-state index in [1.165, 1.54) is 23.6 Å². The number of nitrogens with zero attached hydrogens (tertiary/aromatic N) is 3. The highest BCUT2D eigenvalue weighted by atomic mass is 35.5. The van der Waals surface area contributed by atoms with Crippen LogP contribution in [-0.2, 0) is 9.84 Å². The van der Waals surface area contributed by atoms with Crippen LogP contribution in [0.2, 0.25) is 5.02 Å². The van der Waals surface area contributed by atoms with Gasteiger partial charge in [-0.15, -0.1) is 0 Å². The predicted molar refractivity (Wildman–Crippen MR) is 164 cm³/mol. The van der Waals surface area contributed by atoms with Gasteiger partial charge in [-0.3, -0.25) is 0 Å². The maximum atomic E-state index is 15.3. The lowest BCUT2D eigenvalue weighted by Crippen LogP contribution is -2.46. The van der Waals surface area contributed by atoms with E-state index < -0.39 is 15.7 Å². The smallest absolute Gasteiger partial charge is 0.177 e. The van der Waals surface area contributed by atoms with Crippen LogP contribution in [0.5, 0.6) is 0 Å². The average Bonchev–Trinajstić information content (AvgIpc) is 3.23. The van der Waals surface area contributed by atoms with Crippen LogP contribution >= 0.6 is 11.6 Å². The minimum atomic E-state index is -3.64. The first kappa shape index (κ1) is 28.2. The second kappa shape index (κ2) is 10.9. The van der Waals surface area contributed by atoms with Crippen LogP contribution in [0.25, 0.3) is 22.4 Å². The van der Waals surface area contributed by atoms with Crippen molar-refractivity contribution in [2.24, 2.45) is 0 Å². The maximum absolute atomic E-state index is 15.3. The fourth-order valence-electron chi connectivity index (χ4n) is 5.82. The molecule has 0 aliphatic carbocycles. The number of sulfone groups is 1. The molecule has 0 bridgehead atoms. The van der Waals surface area contributed by atoms with Gasteiger partial charge in [0.15, 0.2) is 9.84 Å². The molecular weight excluding hydrogens is 545 g/mol. The summed E-state index contributed by atoms with van der Waals surface area (Å²) in [5, 5.41) is 0.589. The minimum Gasteiger partial charge on any atom is -0.368 e. The Kier molecular flexibility index (Phi) is 7.73. The van der Waals surface area contributed by atoms with Gasteiger partial charge in [0.25, 0.3) is 0 Å². The van der Waals surface area contributed by atoms with Gasteiger partial charge in [-0.05, 0) is 81.3 Å². The van der Waals surface area contributed by atoms with Crippen LogP contribution in [-0.4, -0.2) is 45.4 Å². The molecular formula is C32H35ClFN3O2S. The molecule has 4 aromatic rings. The zero-order valence-corrected chi connectivity index (χ0v) is 25.2. The third-order valence-electron chi connectivity index (χ3n) is 7.61. The number of piperazine rings is 1. The van der Waals surface area contributed by atoms with Crippen LogP contribution in [0.4, 0.5) is 15.8 Å². The van der Waals surface area contributed by atoms with Crippen molar-refractivity contribution < 1.29 is 12.8 Å². The van der Waals surface area contributed by atoms with E-state index in [0.29, 0.717) is 21.8 Å². The number of benzene rings is 3. The van der Waals surface area contributed by atoms with E-state index in [-0.39, 0.29) is 10.9 Å². The molecule has 40 heavy (non-hydrogen) atoms. The van der Waals surface area contributed by atoms with Gasteiger partial charge in [-0.1, -0.05) is 41.4 Å². The molecule has 0 amide bonds. The molecule has 2 heterocycles. The molecule has 5 nitrogen and oxygen atoms in total. The monoisotopic (exact) mass is 579 g/mol. The number of rotatable bonds is 6. The summed E-state index contributed by atoms with van der Waals surface area (Å²) in [6.07, 6.45) is 1.22. The van der Waals surface area contributed by atoms with Crippen LogP contribution in [0.15, 0.2) is 71.6 Å². The highest BCUT2D eigenvalue weighted by molar-refractivity contribution is 7.91. The lowest BCUT2D eigenvalue weighted by atomic mass is 9.99. The van der Waals surface area contributed by atoms with E-state index >= 15 is 4.39 Å². The summed E-state index contributed by atoms with van der Waals surface area (Å²) in [7, 11) is -3.64. The SMILES string of the molecule is Cc1ccc(N2CCN(c3cc(F)cc(-c4c(S(C)(=O)=O)c(C)n(C(C)C)c4-c4ccc(Cl)cc4)c3)CC2)cc1. The molecule has 0 spiro atoms. The Morgan fingerprint density at radius 3 is 1.93 bits per heavy atom. The summed E-state index contributed by atoms with van der Waals surface area (Å²) in [5.41, 5.74) is 6.42. The summed E-state index contributed by atoms with van der Waals surface area (Å²) >= 11 is 6.19. The molecule has 8 heteroatoms. The number of halogens is 2. The normalized spacial score (nSPS) is 14.3. The largest absolute Gasteiger partial charge is 0.368 e. The van der Waals surface area contributed by atoms with Crippen molar-refractivity contribution in [2.75, 3.05) is 42.2 Å². The molecule has 3 aromatic carbocycles. The van der Waals surface area contributed by atoms with Crippen molar-refractivity contribution in [1.82, 2.24) is 4.57 Å². The van der Waals surface area contributed by atoms with Gasteiger partial charge in [0.05, 0.1) is 10.6 Å². The Hall–Kier alpha value is -3.29. The van der Waals surface area contributed by atoms with Gasteiger partial charge < -0.3 is 14.4 Å². The fourth-order valence-corrected chi connectivity index (χ4v) is 7.17. The summed E-state index contributed by atoms with van der Waals surface area (Å²) in [6, 6.07) is 20.7. The summed E-state index contributed by atoms with van der Waals surface area (Å²) < 4.78 is 43.8. The van der Waals surface area contributed by atoms with Crippen LogP contribution < -0.4 is 9.80 Å². The third kappa shape index (κ3) is 5.50. The van der Waals surface area contributed by atoms with E-state index in [4.69, 9.17) is 11.6 Å². The molecule has 0 unspecified atom stereocenters. The standard InChI is InChI=1S/C32H35ClFN3O2S/c1-21(2)37-23(4)32(40(5,38)39)30(31(37)24-8-10-26(33)11-9-24)25-18-27(34)20-29(19-25)36-16-14-35(15-17-36)28-12-6-22(3)7-13-28/h6-13,18-21H,14-17H2,1-5H3. The summed E-state index contributed by atoms with van der Waals surface area (Å²) in [5.74, 6) is -0.398. The number of aromatic nitrogens is 1. The number of hydrogen-bond acceptors (Lipinski definition) is 4. The maximum Gasteiger partial charge on any atom is 0.177 e. The van der Waals surface area contributed by atoms with Gasteiger partial charge in [-0.2, -0.15) is 0 Å². The minimum absolute atomic E-state index is 0.0252. The fraction of sp³-hybridized carbons (Fsp3) is 0.312. The van der Waals surface area contributed by atoms with Gasteiger partial charge in [-0.25, -0.2) is 12.8 Å². The summed E-state index contributed by atoms with van der Waals surface area (Å²) in [6.45, 7) is 11.0. The first-order chi connectivity index (χ1) is 18.9. The number of hydrogen-bond donors (Lipinski definition) is 0. The molecule has 0 radical (unpaired) electrons. The van der Waals surface area contributed by atoms with Crippen molar-refractivity contribution >= 4 is 32.8 Å². The van der Waals surface area contributed by atoms with Crippen LogP contribution in [0, 0.1) is 19.7 Å². The Morgan fingerprint density at radius 2 is 1.38 bits per heavy atom. The van der Waals surface area contributed by atoms with Crippen molar-refractivity contribution in [3.8, 4) is 22.4 Å². The molecule has 1 saturated heterocycles. The third-order valence-corrected chi connectivity index (χ3v) is 9.11. The molecule has 0 atom stereocenters. The van der Waals surface area contributed by atoms with E-state index in [2.05, 4.69) is 41.0 Å². The Bertz CT molecular complexity index is 1640. The predicted octanol–water partition coefficient (Wildman–Crippen LogP) is 7.54. The Labute approximate surface area is 241 Å². The molecule has 0 saturated carbocycles. The highest BCUT2D eigenvalue weighted by Gasteiger charge is 2.30. The van der Waals surface area contributed by atoms with Crippen LogP contribution in [0.1, 0.15) is 31.1 Å². The molecule has 0 N–H and O–H groups in total. The topological polar surface area (TPSA) is 45.6 Å². The second-order valence-electron chi connectivity index (χ2n) is 10.9. The Morgan fingerprint density at radius 1 is 0.800 bits per heavy atom. The molecule has 1 aromatic heterocycles. The zero-order chi connectivity index (χ0) is 28.8. The van der Waals surface area contributed by atoms with E-state index in [1.807, 2.05) is 43.5 Å². The van der Waals surface area contributed by atoms with Gasteiger partial charge >= 0.3 is 0 Å². The lowest BCUT2D eigenvalue weighted by Gasteiger charge is -2.37. The van der Waals surface area contributed by atoms with Crippen molar-refractivity contribution in [1.29, 1.82) is 0 Å². The lowest BCUT2D eigenvalue weighted by molar-refractivity contribution is 0.583. The molecule has 1 aliphatic rings. The van der Waals surface area contributed by atoms with Gasteiger partial charge in [0, 0.05) is 66.1 Å². The summed E-state index contributed by atoms with van der Waals surface area (Å²) in [4.78, 5) is 4.74. The first-order valence-electron chi connectivity index (χ1n) is 13.5. The Balaban J connectivity index is 1.61. The second-order valence-corrected chi connectivity index (χ2v) is 13.3. The van der Waals surface area contributed by atoms with Crippen molar-refractivity contribution in [2.45, 2.75) is 38.6 Å². The molecule has 5 rings (SSSR count). The molecule has 1 aliphatic heterocycles. The van der Waals surface area contributed by atoms with E-state index in [9.17, 15) is 8.42 Å². The molecule has 1 fully saturated rings.